The van der Waals surface area contributed by atoms with Gasteiger partial charge in [0.1, 0.15) is 10.9 Å². The number of allylic oxidation sites excluding steroid dienone is 2. The predicted octanol–water partition coefficient (Wildman–Crippen LogP) is 1.49. The van der Waals surface area contributed by atoms with E-state index in [1.807, 2.05) is 0 Å². The van der Waals surface area contributed by atoms with Crippen LogP contribution < -0.4 is 0 Å². The van der Waals surface area contributed by atoms with E-state index in [9.17, 15) is 9.18 Å². The van der Waals surface area contributed by atoms with Crippen molar-refractivity contribution in [2.24, 2.45) is 4.99 Å². The molecule has 4 heteroatoms. The first-order valence-corrected chi connectivity index (χ1v) is 4.43. The zero-order valence-electron chi connectivity index (χ0n) is 6.11. The first-order valence-electron chi connectivity index (χ1n) is 3.55. The molecule has 2 aliphatic rings. The van der Waals surface area contributed by atoms with Crippen LogP contribution in [0, 0.1) is 0 Å². The predicted molar refractivity (Wildman–Crippen MR) is 47.0 cm³/mol. The molecule has 12 heavy (non-hydrogen) atoms. The lowest BCUT2D eigenvalue weighted by atomic mass is 10.1. The smallest absolute Gasteiger partial charge is 0.174 e. The number of aliphatic imine (C=N–C) groups is 1. The van der Waals surface area contributed by atoms with Crippen molar-refractivity contribution in [1.29, 1.82) is 0 Å². The minimum absolute atomic E-state index is 0.0183. The maximum atomic E-state index is 12.7. The fourth-order valence-electron chi connectivity index (χ4n) is 1.21. The molecule has 2 unspecified atom stereocenters. The standard InChI is InChI=1S/C8H6FNOS/c9-5-1-2-6-7(3-5)12-8(4-11)10-6/h1-4,6-7H. The monoisotopic (exact) mass is 183 g/mol. The average molecular weight is 183 g/mol. The summed E-state index contributed by atoms with van der Waals surface area (Å²) in [6.07, 6.45) is 5.28. The highest BCUT2D eigenvalue weighted by Gasteiger charge is 2.28. The molecule has 62 valence electrons. The van der Waals surface area contributed by atoms with Crippen LogP contribution in [0.1, 0.15) is 0 Å². The molecule has 0 bridgehead atoms. The lowest BCUT2D eigenvalue weighted by Gasteiger charge is -2.11. The van der Waals surface area contributed by atoms with Gasteiger partial charge in [0.15, 0.2) is 6.29 Å². The number of carbonyl (C=O) groups is 1. The minimum atomic E-state index is -0.244. The first-order chi connectivity index (χ1) is 5.79. The van der Waals surface area contributed by atoms with Gasteiger partial charge in [0.25, 0.3) is 0 Å². The van der Waals surface area contributed by atoms with E-state index in [4.69, 9.17) is 0 Å². The Kier molecular flexibility index (Phi) is 1.84. The third kappa shape index (κ3) is 1.22. The molecule has 1 aliphatic heterocycles. The third-order valence-electron chi connectivity index (χ3n) is 1.75. The maximum Gasteiger partial charge on any atom is 0.174 e. The van der Waals surface area contributed by atoms with Crippen LogP contribution in [0.25, 0.3) is 0 Å². The molecule has 2 nitrogen and oxygen atoms in total. The zero-order chi connectivity index (χ0) is 8.55. The summed E-state index contributed by atoms with van der Waals surface area (Å²) in [6, 6.07) is -0.0466. The Bertz CT molecular complexity index is 308. The van der Waals surface area contributed by atoms with Crippen LogP contribution in [-0.2, 0) is 4.79 Å². The van der Waals surface area contributed by atoms with E-state index < -0.39 is 0 Å². The van der Waals surface area contributed by atoms with Crippen molar-refractivity contribution >= 4 is 23.1 Å². The molecule has 0 spiro atoms. The SMILES string of the molecule is O=CC1=NC2C=CC(F)=CC2S1. The summed E-state index contributed by atoms with van der Waals surface area (Å²) in [6.45, 7) is 0. The Morgan fingerprint density at radius 3 is 3.25 bits per heavy atom. The summed E-state index contributed by atoms with van der Waals surface area (Å²) in [5.41, 5.74) is 0. The Balaban J connectivity index is 2.23. The van der Waals surface area contributed by atoms with Crippen LogP contribution in [-0.4, -0.2) is 22.6 Å². The van der Waals surface area contributed by atoms with Gasteiger partial charge in [-0.15, -0.1) is 0 Å². The van der Waals surface area contributed by atoms with Gasteiger partial charge in [-0.25, -0.2) is 4.39 Å². The number of hydrogen-bond donors (Lipinski definition) is 0. The van der Waals surface area contributed by atoms with Gasteiger partial charge >= 0.3 is 0 Å². The summed E-state index contributed by atoms with van der Waals surface area (Å²) < 4.78 is 12.7. The van der Waals surface area contributed by atoms with Crippen LogP contribution in [0.3, 0.4) is 0 Å². The quantitative estimate of drug-likeness (QED) is 0.576. The number of fused-ring (bicyclic) bond motifs is 1. The van der Waals surface area contributed by atoms with Crippen LogP contribution in [0.5, 0.6) is 0 Å². The molecule has 0 fully saturated rings. The molecule has 1 aliphatic carbocycles. The van der Waals surface area contributed by atoms with Crippen molar-refractivity contribution in [3.05, 3.63) is 24.1 Å². The van der Waals surface area contributed by atoms with Gasteiger partial charge in [-0.05, 0) is 12.2 Å². The summed E-state index contributed by atoms with van der Waals surface area (Å²) in [4.78, 5) is 14.4. The van der Waals surface area contributed by atoms with Gasteiger partial charge in [-0.3, -0.25) is 9.79 Å². The Hall–Kier alpha value is -0.900. The van der Waals surface area contributed by atoms with Crippen molar-refractivity contribution in [3.8, 4) is 0 Å². The van der Waals surface area contributed by atoms with Gasteiger partial charge in [-0.2, -0.15) is 0 Å². The molecule has 0 N–H and O–H groups in total. The number of rotatable bonds is 1. The van der Waals surface area contributed by atoms with Crippen LogP contribution >= 0.6 is 11.8 Å². The lowest BCUT2D eigenvalue weighted by molar-refractivity contribution is -0.102. The van der Waals surface area contributed by atoms with Gasteiger partial charge in [-0.1, -0.05) is 17.8 Å². The summed E-state index contributed by atoms with van der Waals surface area (Å²) >= 11 is 1.31. The van der Waals surface area contributed by atoms with Crippen molar-refractivity contribution in [3.63, 3.8) is 0 Å². The van der Waals surface area contributed by atoms with Crippen LogP contribution in [0.15, 0.2) is 29.0 Å². The van der Waals surface area contributed by atoms with E-state index in [0.29, 0.717) is 11.3 Å². The largest absolute Gasteiger partial charge is 0.296 e. The van der Waals surface area contributed by atoms with Crippen LogP contribution in [0.4, 0.5) is 4.39 Å². The topological polar surface area (TPSA) is 29.4 Å². The molecular formula is C8H6FNOS. The minimum Gasteiger partial charge on any atom is -0.296 e. The highest BCUT2D eigenvalue weighted by molar-refractivity contribution is 8.16. The number of halogens is 1. The average Bonchev–Trinajstić information content (AvgIpc) is 2.46. The second kappa shape index (κ2) is 2.86. The molecule has 0 aromatic rings. The van der Waals surface area contributed by atoms with Crippen molar-refractivity contribution in [2.75, 3.05) is 0 Å². The first kappa shape index (κ1) is 7.73. The molecule has 0 saturated carbocycles. The third-order valence-corrected chi connectivity index (χ3v) is 2.88. The highest BCUT2D eigenvalue weighted by Crippen LogP contribution is 2.32. The molecule has 2 rings (SSSR count). The van der Waals surface area contributed by atoms with Gasteiger partial charge in [0.05, 0.1) is 11.3 Å². The number of thioether (sulfide) groups is 1. The number of carbonyl (C=O) groups excluding carboxylic acids is 1. The van der Waals surface area contributed by atoms with Gasteiger partial charge < -0.3 is 0 Å². The van der Waals surface area contributed by atoms with Gasteiger partial charge in [0.2, 0.25) is 0 Å². The molecule has 0 amide bonds. The normalized spacial score (nSPS) is 32.4. The molecule has 0 saturated heterocycles. The van der Waals surface area contributed by atoms with E-state index in [-0.39, 0.29) is 17.1 Å². The summed E-state index contributed by atoms with van der Waals surface area (Å²) in [5.74, 6) is -0.244. The fourth-order valence-corrected chi connectivity index (χ4v) is 2.21. The molecule has 0 radical (unpaired) electrons. The van der Waals surface area contributed by atoms with Gasteiger partial charge in [0, 0.05) is 0 Å². The van der Waals surface area contributed by atoms with Crippen molar-refractivity contribution in [2.45, 2.75) is 11.3 Å². The fraction of sp³-hybridized carbons (Fsp3) is 0.250. The van der Waals surface area contributed by atoms with Crippen LogP contribution in [0.2, 0.25) is 0 Å². The summed E-state index contributed by atoms with van der Waals surface area (Å²) in [7, 11) is 0. The Morgan fingerprint density at radius 1 is 1.67 bits per heavy atom. The lowest BCUT2D eigenvalue weighted by Crippen LogP contribution is -2.14. The Morgan fingerprint density at radius 2 is 2.50 bits per heavy atom. The van der Waals surface area contributed by atoms with E-state index in [2.05, 4.69) is 4.99 Å². The second-order valence-electron chi connectivity index (χ2n) is 2.57. The molecule has 0 aromatic carbocycles. The molecule has 0 aromatic heterocycles. The van der Waals surface area contributed by atoms with E-state index in [1.165, 1.54) is 23.9 Å². The second-order valence-corrected chi connectivity index (χ2v) is 3.77. The molecule has 2 atom stereocenters. The number of nitrogens with zero attached hydrogens (tertiary/aromatic N) is 1. The highest BCUT2D eigenvalue weighted by atomic mass is 32.2. The Labute approximate surface area is 73.2 Å². The molecular weight excluding hydrogens is 177 g/mol. The summed E-state index contributed by atoms with van der Waals surface area (Å²) in [5, 5.41) is 0.441. The van der Waals surface area contributed by atoms with Crippen molar-refractivity contribution < 1.29 is 9.18 Å². The zero-order valence-corrected chi connectivity index (χ0v) is 6.92. The maximum absolute atomic E-state index is 12.7. The van der Waals surface area contributed by atoms with Crippen molar-refractivity contribution in [1.82, 2.24) is 0 Å². The number of aldehydes is 1. The molecule has 1 heterocycles. The van der Waals surface area contributed by atoms with E-state index >= 15 is 0 Å². The van der Waals surface area contributed by atoms with E-state index in [1.54, 1.807) is 6.08 Å². The number of hydrogen-bond acceptors (Lipinski definition) is 3. The van der Waals surface area contributed by atoms with E-state index in [0.717, 1.165) is 0 Å².